The van der Waals surface area contributed by atoms with Gasteiger partial charge in [0.25, 0.3) is 0 Å². The van der Waals surface area contributed by atoms with Gasteiger partial charge in [-0.15, -0.1) is 0 Å². The summed E-state index contributed by atoms with van der Waals surface area (Å²) in [7, 11) is -2.63. The fourth-order valence-electron chi connectivity index (χ4n) is 2.64. The number of halogens is 2. The van der Waals surface area contributed by atoms with E-state index in [0.29, 0.717) is 11.5 Å². The molecule has 0 unspecified atom stereocenters. The van der Waals surface area contributed by atoms with Gasteiger partial charge in [0.2, 0.25) is 15.9 Å². The number of carbonyl (C=O) groups is 1. The smallest absolute Gasteiger partial charge is 0.243 e. The number of likely N-dealkylation sites (N-methyl/N-ethyl adjacent to an activating group) is 1. The molecule has 0 heterocycles. The van der Waals surface area contributed by atoms with E-state index in [-0.39, 0.29) is 23.8 Å². The normalized spacial score (nSPS) is 11.4. The van der Waals surface area contributed by atoms with E-state index in [9.17, 15) is 22.0 Å². The first-order chi connectivity index (χ1) is 14.7. The Labute approximate surface area is 179 Å². The third-order valence-electron chi connectivity index (χ3n) is 4.35. The molecule has 162 valence electrons. The highest BCUT2D eigenvalue weighted by atomic mass is 32.2. The third kappa shape index (κ3) is 6.09. The van der Waals surface area contributed by atoms with Gasteiger partial charge in [0.1, 0.15) is 23.1 Å². The van der Waals surface area contributed by atoms with Crippen LogP contribution in [0.4, 0.5) is 8.78 Å². The summed E-state index contributed by atoms with van der Waals surface area (Å²) >= 11 is 0. The largest absolute Gasteiger partial charge is 0.457 e. The van der Waals surface area contributed by atoms with Crippen LogP contribution in [0.3, 0.4) is 0 Å². The summed E-state index contributed by atoms with van der Waals surface area (Å²) in [5, 5.41) is 2.65. The molecule has 0 saturated carbocycles. The van der Waals surface area contributed by atoms with Gasteiger partial charge < -0.3 is 10.1 Å². The van der Waals surface area contributed by atoms with Crippen molar-refractivity contribution in [2.75, 3.05) is 13.6 Å². The van der Waals surface area contributed by atoms with Crippen LogP contribution in [-0.2, 0) is 21.4 Å². The maximum atomic E-state index is 13.0. The summed E-state index contributed by atoms with van der Waals surface area (Å²) in [5.41, 5.74) is 0.781. The van der Waals surface area contributed by atoms with Gasteiger partial charge in [0.15, 0.2) is 0 Å². The van der Waals surface area contributed by atoms with Crippen LogP contribution in [0.5, 0.6) is 11.5 Å². The number of amides is 1. The lowest BCUT2D eigenvalue weighted by Crippen LogP contribution is -2.38. The molecule has 0 bridgehead atoms. The molecular weight excluding hydrogens is 426 g/mol. The van der Waals surface area contributed by atoms with E-state index in [1.54, 1.807) is 24.3 Å². The van der Waals surface area contributed by atoms with Crippen molar-refractivity contribution in [1.29, 1.82) is 0 Å². The van der Waals surface area contributed by atoms with Gasteiger partial charge in [0.05, 0.1) is 11.4 Å². The van der Waals surface area contributed by atoms with Gasteiger partial charge >= 0.3 is 0 Å². The van der Waals surface area contributed by atoms with E-state index in [1.807, 2.05) is 0 Å². The monoisotopic (exact) mass is 446 g/mol. The molecule has 0 atom stereocenters. The van der Waals surface area contributed by atoms with Crippen LogP contribution in [-0.4, -0.2) is 32.2 Å². The summed E-state index contributed by atoms with van der Waals surface area (Å²) in [5.74, 6) is -0.345. The summed E-state index contributed by atoms with van der Waals surface area (Å²) < 4.78 is 57.3. The number of benzene rings is 3. The fraction of sp³-hybridized carbons (Fsp3) is 0.136. The van der Waals surface area contributed by atoms with Crippen LogP contribution in [0.1, 0.15) is 5.56 Å². The molecule has 0 aliphatic rings. The number of carbonyl (C=O) groups excluding carboxylic acids is 1. The maximum absolute atomic E-state index is 13.0. The molecule has 0 aliphatic heterocycles. The average Bonchev–Trinajstić information content (AvgIpc) is 2.75. The lowest BCUT2D eigenvalue weighted by atomic mass is 10.2. The number of hydrogen-bond donors (Lipinski definition) is 1. The molecule has 0 spiro atoms. The number of ether oxygens (including phenoxy) is 1. The van der Waals surface area contributed by atoms with Crippen molar-refractivity contribution in [2.45, 2.75) is 11.4 Å². The minimum atomic E-state index is -3.91. The van der Waals surface area contributed by atoms with Crippen molar-refractivity contribution in [3.63, 3.8) is 0 Å². The molecule has 3 aromatic carbocycles. The van der Waals surface area contributed by atoms with Gasteiger partial charge in [-0.3, -0.25) is 4.79 Å². The Morgan fingerprint density at radius 3 is 1.90 bits per heavy atom. The number of nitrogens with one attached hydrogen (secondary N) is 1. The van der Waals surface area contributed by atoms with E-state index in [1.165, 1.54) is 31.3 Å². The molecule has 0 fully saturated rings. The first kappa shape index (κ1) is 22.4. The van der Waals surface area contributed by atoms with Crippen molar-refractivity contribution in [1.82, 2.24) is 9.62 Å². The predicted molar refractivity (Wildman–Crippen MR) is 111 cm³/mol. The molecule has 3 rings (SSSR count). The highest BCUT2D eigenvalue weighted by molar-refractivity contribution is 7.89. The van der Waals surface area contributed by atoms with Crippen molar-refractivity contribution in [2.24, 2.45) is 0 Å². The molecule has 9 heteroatoms. The highest BCUT2D eigenvalue weighted by Crippen LogP contribution is 2.22. The van der Waals surface area contributed by atoms with Gasteiger partial charge in [-0.1, -0.05) is 12.1 Å². The molecule has 31 heavy (non-hydrogen) atoms. The van der Waals surface area contributed by atoms with Gasteiger partial charge in [-0.05, 0) is 66.2 Å². The molecule has 0 aliphatic carbocycles. The number of nitrogens with zero attached hydrogens (tertiary/aromatic N) is 1. The first-order valence-corrected chi connectivity index (χ1v) is 10.7. The minimum Gasteiger partial charge on any atom is -0.457 e. The van der Waals surface area contributed by atoms with Crippen LogP contribution in [0, 0.1) is 11.6 Å². The summed E-state index contributed by atoms with van der Waals surface area (Å²) in [6.07, 6.45) is 0. The Hall–Kier alpha value is -3.30. The molecule has 0 saturated heterocycles. The van der Waals surface area contributed by atoms with Gasteiger partial charge in [0, 0.05) is 13.6 Å². The quantitative estimate of drug-likeness (QED) is 0.573. The lowest BCUT2D eigenvalue weighted by Gasteiger charge is -2.17. The topological polar surface area (TPSA) is 75.7 Å². The zero-order chi connectivity index (χ0) is 22.4. The maximum Gasteiger partial charge on any atom is 0.243 e. The fourth-order valence-corrected chi connectivity index (χ4v) is 3.77. The summed E-state index contributed by atoms with van der Waals surface area (Å²) in [6, 6.07) is 16.9. The van der Waals surface area contributed by atoms with Gasteiger partial charge in [-0.2, -0.15) is 4.31 Å². The van der Waals surface area contributed by atoms with E-state index >= 15 is 0 Å². The standard InChI is InChI=1S/C22H20F2N2O4S/c1-26(31(28,29)21-12-6-18(24)7-13-21)15-22(27)25-14-16-2-8-19(9-3-16)30-20-10-4-17(23)5-11-20/h2-13H,14-15H2,1H3,(H,25,27). The van der Waals surface area contributed by atoms with Crippen molar-refractivity contribution < 1.29 is 26.7 Å². The van der Waals surface area contributed by atoms with E-state index in [4.69, 9.17) is 4.74 Å². The molecular formula is C22H20F2N2O4S. The van der Waals surface area contributed by atoms with Crippen LogP contribution < -0.4 is 10.1 Å². The first-order valence-electron chi connectivity index (χ1n) is 9.25. The van der Waals surface area contributed by atoms with Crippen LogP contribution in [0.2, 0.25) is 0 Å². The Morgan fingerprint density at radius 1 is 0.871 bits per heavy atom. The summed E-state index contributed by atoms with van der Waals surface area (Å²) in [4.78, 5) is 12.1. The SMILES string of the molecule is CN(CC(=O)NCc1ccc(Oc2ccc(F)cc2)cc1)S(=O)(=O)c1ccc(F)cc1. The van der Waals surface area contributed by atoms with E-state index < -0.39 is 21.7 Å². The molecule has 0 aromatic heterocycles. The third-order valence-corrected chi connectivity index (χ3v) is 6.17. The Kier molecular flexibility index (Phi) is 6.98. The van der Waals surface area contributed by atoms with E-state index in [2.05, 4.69) is 5.32 Å². The molecule has 6 nitrogen and oxygen atoms in total. The second kappa shape index (κ2) is 9.67. The molecule has 3 aromatic rings. The second-order valence-electron chi connectivity index (χ2n) is 6.69. The summed E-state index contributed by atoms with van der Waals surface area (Å²) in [6.45, 7) is -0.189. The van der Waals surface area contributed by atoms with Crippen molar-refractivity contribution >= 4 is 15.9 Å². The predicted octanol–water partition coefficient (Wildman–Crippen LogP) is 3.69. The van der Waals surface area contributed by atoms with Crippen LogP contribution >= 0.6 is 0 Å². The molecule has 1 N–H and O–H groups in total. The van der Waals surface area contributed by atoms with E-state index in [0.717, 1.165) is 34.1 Å². The second-order valence-corrected chi connectivity index (χ2v) is 8.74. The Morgan fingerprint density at radius 2 is 1.35 bits per heavy atom. The van der Waals surface area contributed by atoms with Crippen LogP contribution in [0.25, 0.3) is 0 Å². The number of hydrogen-bond acceptors (Lipinski definition) is 4. The average molecular weight is 446 g/mol. The zero-order valence-electron chi connectivity index (χ0n) is 16.6. The van der Waals surface area contributed by atoms with Gasteiger partial charge in [-0.25, -0.2) is 17.2 Å². The molecule has 0 radical (unpaired) electrons. The lowest BCUT2D eigenvalue weighted by molar-refractivity contribution is -0.121. The number of sulfonamides is 1. The Balaban J connectivity index is 1.52. The minimum absolute atomic E-state index is 0.0963. The molecule has 1 amide bonds. The number of rotatable bonds is 8. The highest BCUT2D eigenvalue weighted by Gasteiger charge is 2.22. The zero-order valence-corrected chi connectivity index (χ0v) is 17.4. The van der Waals surface area contributed by atoms with Crippen molar-refractivity contribution in [3.05, 3.63) is 90.0 Å². The van der Waals surface area contributed by atoms with Crippen molar-refractivity contribution in [3.8, 4) is 11.5 Å². The Bertz CT molecular complexity index is 1130. The van der Waals surface area contributed by atoms with Crippen LogP contribution in [0.15, 0.2) is 77.7 Å².